The van der Waals surface area contributed by atoms with Crippen LogP contribution >= 0.6 is 40.0 Å². The van der Waals surface area contributed by atoms with E-state index in [1.165, 1.54) is 0 Å². The first-order valence-corrected chi connectivity index (χ1v) is 10.1. The first-order chi connectivity index (χ1) is 10.1. The molecule has 6 heteroatoms. The van der Waals surface area contributed by atoms with E-state index in [-0.39, 0.29) is 0 Å². The van der Waals surface area contributed by atoms with Crippen LogP contribution in [-0.4, -0.2) is 5.17 Å². The lowest BCUT2D eigenvalue weighted by Crippen LogP contribution is -2.01. The SMILES string of the molecule is ClC1=NP(Cl)(Cl)=NC(c2ccccc2)=C1c1ccccc1. The zero-order chi connectivity index (χ0) is 14.9. The molecule has 1 aliphatic rings. The van der Waals surface area contributed by atoms with Gasteiger partial charge in [-0.15, -0.1) is 0 Å². The van der Waals surface area contributed by atoms with E-state index in [0.29, 0.717) is 10.9 Å². The molecule has 0 bridgehead atoms. The molecule has 3 rings (SSSR count). The molecule has 0 saturated heterocycles. The number of allylic oxidation sites excluding steroid dienone is 1. The van der Waals surface area contributed by atoms with Crippen molar-refractivity contribution in [2.24, 2.45) is 9.51 Å². The molecule has 0 fully saturated rings. The standard InChI is InChI=1S/C15H10Cl3N2P/c16-15-13(11-7-3-1-4-8-11)14(19-21(17,18)20-15)12-9-5-2-6-10-12/h1-10H. The first kappa shape index (κ1) is 14.9. The largest absolute Gasteiger partial charge is 0.254 e. The molecule has 2 aromatic rings. The van der Waals surface area contributed by atoms with Gasteiger partial charge in [0.1, 0.15) is 5.17 Å². The van der Waals surface area contributed by atoms with E-state index >= 15 is 0 Å². The molecule has 2 aromatic carbocycles. The Balaban J connectivity index is 2.31. The average molecular weight is 356 g/mol. The van der Waals surface area contributed by atoms with Crippen molar-refractivity contribution in [3.05, 3.63) is 71.8 Å². The van der Waals surface area contributed by atoms with Crippen LogP contribution in [0.3, 0.4) is 0 Å². The predicted octanol–water partition coefficient (Wildman–Crippen LogP) is 6.63. The van der Waals surface area contributed by atoms with Crippen molar-refractivity contribution in [3.8, 4) is 0 Å². The third-order valence-electron chi connectivity index (χ3n) is 2.98. The molecule has 0 aliphatic carbocycles. The zero-order valence-corrected chi connectivity index (χ0v) is 13.9. The minimum absolute atomic E-state index is 0.299. The molecule has 0 atom stereocenters. The molecular weight excluding hydrogens is 346 g/mol. The van der Waals surface area contributed by atoms with E-state index in [9.17, 15) is 0 Å². The molecule has 0 amide bonds. The summed E-state index contributed by atoms with van der Waals surface area (Å²) in [6.45, 7) is 0. The zero-order valence-electron chi connectivity index (χ0n) is 10.7. The topological polar surface area (TPSA) is 24.7 Å². The maximum atomic E-state index is 6.34. The summed E-state index contributed by atoms with van der Waals surface area (Å²) in [5, 5.41) is 0.299. The van der Waals surface area contributed by atoms with Crippen LogP contribution in [0, 0.1) is 0 Å². The Morgan fingerprint density at radius 2 is 1.29 bits per heavy atom. The van der Waals surface area contributed by atoms with Gasteiger partial charge in [-0.3, -0.25) is 0 Å². The van der Waals surface area contributed by atoms with Crippen molar-refractivity contribution < 1.29 is 0 Å². The third-order valence-corrected chi connectivity index (χ3v) is 5.16. The Morgan fingerprint density at radius 3 is 1.86 bits per heavy atom. The van der Waals surface area contributed by atoms with E-state index in [2.05, 4.69) is 9.51 Å². The normalized spacial score (nSPS) is 17.2. The van der Waals surface area contributed by atoms with Crippen LogP contribution in [0.2, 0.25) is 0 Å². The maximum Gasteiger partial charge on any atom is 0.254 e. The summed E-state index contributed by atoms with van der Waals surface area (Å²) in [5.41, 5.74) is 3.28. The fraction of sp³-hybridized carbons (Fsp3) is 0. The van der Waals surface area contributed by atoms with Gasteiger partial charge in [0.25, 0.3) is 5.91 Å². The van der Waals surface area contributed by atoms with E-state index in [0.717, 1.165) is 16.7 Å². The molecule has 1 heterocycles. The summed E-state index contributed by atoms with van der Waals surface area (Å²) in [6, 6.07) is 19.4. The number of benzene rings is 2. The van der Waals surface area contributed by atoms with Crippen molar-refractivity contribution >= 4 is 56.4 Å². The van der Waals surface area contributed by atoms with E-state index in [4.69, 9.17) is 34.1 Å². The van der Waals surface area contributed by atoms with Crippen LogP contribution in [0.15, 0.2) is 70.2 Å². The molecule has 1 aliphatic heterocycles. The van der Waals surface area contributed by atoms with Gasteiger partial charge < -0.3 is 0 Å². The first-order valence-electron chi connectivity index (χ1n) is 6.20. The minimum atomic E-state index is -2.80. The van der Waals surface area contributed by atoms with Gasteiger partial charge in [0, 0.05) is 11.1 Å². The highest BCUT2D eigenvalue weighted by molar-refractivity contribution is 8.09. The molecule has 2 nitrogen and oxygen atoms in total. The second-order valence-corrected chi connectivity index (χ2v) is 9.42. The fourth-order valence-electron chi connectivity index (χ4n) is 2.10. The van der Waals surface area contributed by atoms with E-state index in [1.807, 2.05) is 60.7 Å². The molecule has 0 radical (unpaired) electrons. The molecular formula is C15H10Cl3N2P. The van der Waals surface area contributed by atoms with Crippen molar-refractivity contribution in [2.75, 3.05) is 0 Å². The van der Waals surface area contributed by atoms with Crippen LogP contribution < -0.4 is 0 Å². The van der Waals surface area contributed by atoms with Gasteiger partial charge in [0.05, 0.1) is 5.70 Å². The van der Waals surface area contributed by atoms with Crippen molar-refractivity contribution in [2.45, 2.75) is 0 Å². The number of hydrogen-bond donors (Lipinski definition) is 0. The van der Waals surface area contributed by atoms with Crippen molar-refractivity contribution in [1.82, 2.24) is 0 Å². The van der Waals surface area contributed by atoms with Crippen LogP contribution in [0.25, 0.3) is 11.3 Å². The smallest absolute Gasteiger partial charge is 0.216 e. The van der Waals surface area contributed by atoms with Gasteiger partial charge in [-0.1, -0.05) is 72.3 Å². The molecule has 21 heavy (non-hydrogen) atoms. The molecule has 0 N–H and O–H groups in total. The Hall–Kier alpha value is -1.05. The molecule has 0 spiro atoms. The highest BCUT2D eigenvalue weighted by atomic mass is 35.9. The highest BCUT2D eigenvalue weighted by Crippen LogP contribution is 2.66. The number of nitrogens with zero attached hydrogens (tertiary/aromatic N) is 2. The van der Waals surface area contributed by atoms with Gasteiger partial charge in [-0.25, -0.2) is 9.51 Å². The second-order valence-electron chi connectivity index (χ2n) is 4.40. The maximum absolute atomic E-state index is 6.34. The summed E-state index contributed by atoms with van der Waals surface area (Å²) in [4.78, 5) is 0. The summed E-state index contributed by atoms with van der Waals surface area (Å²) in [6.07, 6.45) is 0. The summed E-state index contributed by atoms with van der Waals surface area (Å²) < 4.78 is 8.59. The van der Waals surface area contributed by atoms with Gasteiger partial charge in [0.2, 0.25) is 0 Å². The Morgan fingerprint density at radius 1 is 0.762 bits per heavy atom. The number of halogens is 3. The predicted molar refractivity (Wildman–Crippen MR) is 94.0 cm³/mol. The van der Waals surface area contributed by atoms with Crippen molar-refractivity contribution in [3.63, 3.8) is 0 Å². The van der Waals surface area contributed by atoms with Crippen LogP contribution in [0.4, 0.5) is 0 Å². The molecule has 106 valence electrons. The summed E-state index contributed by atoms with van der Waals surface area (Å²) in [7, 11) is 0. The summed E-state index contributed by atoms with van der Waals surface area (Å²) in [5.74, 6) is -2.80. The number of hydrogen-bond acceptors (Lipinski definition) is 2. The van der Waals surface area contributed by atoms with Gasteiger partial charge in [0.15, 0.2) is 0 Å². The average Bonchev–Trinajstić information content (AvgIpc) is 2.47. The quantitative estimate of drug-likeness (QED) is 0.540. The third kappa shape index (κ3) is 3.25. The van der Waals surface area contributed by atoms with Crippen molar-refractivity contribution in [1.29, 1.82) is 0 Å². The lowest BCUT2D eigenvalue weighted by molar-refractivity contribution is 1.51. The Labute approximate surface area is 137 Å². The van der Waals surface area contributed by atoms with Gasteiger partial charge in [-0.05, 0) is 28.0 Å². The van der Waals surface area contributed by atoms with Gasteiger partial charge in [-0.2, -0.15) is 0 Å². The fourth-order valence-corrected chi connectivity index (χ4v) is 4.58. The van der Waals surface area contributed by atoms with Gasteiger partial charge >= 0.3 is 0 Å². The van der Waals surface area contributed by atoms with E-state index in [1.54, 1.807) is 0 Å². The second kappa shape index (κ2) is 5.98. The molecule has 0 unspecified atom stereocenters. The number of rotatable bonds is 2. The lowest BCUT2D eigenvalue weighted by atomic mass is 10.0. The monoisotopic (exact) mass is 354 g/mol. The summed E-state index contributed by atoms with van der Waals surface area (Å²) >= 11 is 18.7. The Kier molecular flexibility index (Phi) is 4.24. The Bertz CT molecular complexity index is 777. The molecule has 0 saturated carbocycles. The van der Waals surface area contributed by atoms with Crippen LogP contribution in [0.1, 0.15) is 11.1 Å². The molecule has 0 aromatic heterocycles. The van der Waals surface area contributed by atoms with Crippen LogP contribution in [0.5, 0.6) is 0 Å². The highest BCUT2D eigenvalue weighted by Gasteiger charge is 2.25. The lowest BCUT2D eigenvalue weighted by Gasteiger charge is -2.18. The minimum Gasteiger partial charge on any atom is -0.216 e. The van der Waals surface area contributed by atoms with E-state index < -0.39 is 5.91 Å². The van der Waals surface area contributed by atoms with Crippen LogP contribution in [-0.2, 0) is 0 Å².